The van der Waals surface area contributed by atoms with Gasteiger partial charge < -0.3 is 0 Å². The summed E-state index contributed by atoms with van der Waals surface area (Å²) in [6.07, 6.45) is 11.8. The van der Waals surface area contributed by atoms with Gasteiger partial charge in [0.05, 0.1) is 0 Å². The number of benzene rings is 3. The van der Waals surface area contributed by atoms with E-state index in [9.17, 15) is 0 Å². The summed E-state index contributed by atoms with van der Waals surface area (Å²) in [5.41, 5.74) is 5.60. The van der Waals surface area contributed by atoms with Crippen molar-refractivity contribution in [2.24, 2.45) is 5.73 Å². The zero-order valence-electron chi connectivity index (χ0n) is 18.3. The molecule has 0 amide bonds. The monoisotopic (exact) mass is 419 g/mol. The van der Waals surface area contributed by atoms with Gasteiger partial charge in [0.15, 0.2) is 0 Å². The van der Waals surface area contributed by atoms with Gasteiger partial charge in [0, 0.05) is 0 Å². The van der Waals surface area contributed by atoms with E-state index in [1.165, 1.54) is 73.4 Å². The number of hydrogen-bond donors (Lipinski definition) is 1. The van der Waals surface area contributed by atoms with Crippen molar-refractivity contribution in [1.82, 2.24) is 0 Å². The van der Waals surface area contributed by atoms with Crippen LogP contribution < -0.4 is 21.6 Å². The number of hydrogen-bond acceptors (Lipinski definition) is 1. The van der Waals surface area contributed by atoms with Gasteiger partial charge >= 0.3 is 184 Å². The van der Waals surface area contributed by atoms with Gasteiger partial charge in [-0.1, -0.05) is 0 Å². The van der Waals surface area contributed by atoms with E-state index in [4.69, 9.17) is 5.73 Å². The van der Waals surface area contributed by atoms with Crippen molar-refractivity contribution in [3.63, 3.8) is 0 Å². The van der Waals surface area contributed by atoms with Crippen molar-refractivity contribution in [1.29, 1.82) is 0 Å². The molecule has 3 aromatic rings. The second kappa shape index (κ2) is 12.7. The van der Waals surface area contributed by atoms with Gasteiger partial charge in [0.25, 0.3) is 0 Å². The van der Waals surface area contributed by atoms with Crippen LogP contribution in [0.25, 0.3) is 0 Å². The van der Waals surface area contributed by atoms with E-state index in [1.807, 2.05) is 0 Å². The molecule has 0 aliphatic rings. The molecule has 0 heterocycles. The SMILES string of the molecule is NCCCCCCCCCC[PH](c1ccccc1)(c1ccccc1)c1ccccc1. The fourth-order valence-corrected chi connectivity index (χ4v) is 9.63. The normalized spacial score (nSPS) is 12.0. The van der Waals surface area contributed by atoms with Crippen LogP contribution in [-0.4, -0.2) is 12.7 Å². The van der Waals surface area contributed by atoms with Crippen LogP contribution in [0.5, 0.6) is 0 Å². The second-order valence-electron chi connectivity index (χ2n) is 8.37. The predicted octanol–water partition coefficient (Wildman–Crippen LogP) is 5.79. The Bertz CT molecular complexity index is 720. The Balaban J connectivity index is 1.77. The molecule has 0 spiro atoms. The number of nitrogens with two attached hydrogens (primary N) is 1. The Labute approximate surface area is 184 Å². The molecule has 30 heavy (non-hydrogen) atoms. The maximum absolute atomic E-state index is 5.60. The molecule has 0 saturated heterocycles. The zero-order valence-corrected chi connectivity index (χ0v) is 19.3. The molecule has 2 heteroatoms. The molecular weight excluding hydrogens is 381 g/mol. The van der Waals surface area contributed by atoms with Crippen LogP contribution in [0.3, 0.4) is 0 Å². The summed E-state index contributed by atoms with van der Waals surface area (Å²) in [4.78, 5) is 0. The third-order valence-electron chi connectivity index (χ3n) is 6.31. The van der Waals surface area contributed by atoms with Crippen molar-refractivity contribution in [2.45, 2.75) is 51.4 Å². The molecule has 3 aromatic carbocycles. The molecule has 0 fully saturated rings. The first-order chi connectivity index (χ1) is 14.9. The Kier molecular flexibility index (Phi) is 9.61. The molecule has 0 saturated carbocycles. The predicted molar refractivity (Wildman–Crippen MR) is 137 cm³/mol. The average molecular weight is 420 g/mol. The van der Waals surface area contributed by atoms with E-state index in [2.05, 4.69) is 91.0 Å². The summed E-state index contributed by atoms with van der Waals surface area (Å²) in [6.45, 7) is 0.838. The van der Waals surface area contributed by atoms with Crippen LogP contribution in [0.2, 0.25) is 0 Å². The number of unbranched alkanes of at least 4 members (excludes halogenated alkanes) is 7. The van der Waals surface area contributed by atoms with Crippen molar-refractivity contribution in [3.8, 4) is 0 Å². The van der Waals surface area contributed by atoms with E-state index in [0.29, 0.717) is 0 Å². The zero-order chi connectivity index (χ0) is 20.9. The number of rotatable bonds is 13. The molecule has 3 rings (SSSR count). The summed E-state index contributed by atoms with van der Waals surface area (Å²) < 4.78 is 0. The van der Waals surface area contributed by atoms with Crippen molar-refractivity contribution in [2.75, 3.05) is 12.7 Å². The molecule has 0 radical (unpaired) electrons. The van der Waals surface area contributed by atoms with Gasteiger partial charge in [0.1, 0.15) is 0 Å². The summed E-state index contributed by atoms with van der Waals surface area (Å²) >= 11 is 0. The molecule has 160 valence electrons. The summed E-state index contributed by atoms with van der Waals surface area (Å²) in [7, 11) is -2.02. The fraction of sp³-hybridized carbons (Fsp3) is 0.357. The van der Waals surface area contributed by atoms with Crippen LogP contribution in [0, 0.1) is 0 Å². The molecule has 0 unspecified atom stereocenters. The molecule has 0 aromatic heterocycles. The Morgan fingerprint density at radius 3 is 1.13 bits per heavy atom. The minimum absolute atomic E-state index is 0.838. The topological polar surface area (TPSA) is 26.0 Å². The van der Waals surface area contributed by atoms with Crippen LogP contribution in [-0.2, 0) is 0 Å². The van der Waals surface area contributed by atoms with Gasteiger partial charge in [-0.25, -0.2) is 0 Å². The average Bonchev–Trinajstić information content (AvgIpc) is 2.82. The third kappa shape index (κ3) is 6.03. The molecule has 0 bridgehead atoms. The van der Waals surface area contributed by atoms with Gasteiger partial charge in [0.2, 0.25) is 0 Å². The van der Waals surface area contributed by atoms with E-state index in [1.54, 1.807) is 0 Å². The van der Waals surface area contributed by atoms with Gasteiger partial charge in [-0.05, 0) is 0 Å². The van der Waals surface area contributed by atoms with E-state index >= 15 is 0 Å². The van der Waals surface area contributed by atoms with Gasteiger partial charge in [-0.15, -0.1) is 0 Å². The molecule has 1 nitrogen and oxygen atoms in total. The molecule has 0 atom stereocenters. The van der Waals surface area contributed by atoms with Crippen molar-refractivity contribution < 1.29 is 0 Å². The first kappa shape index (κ1) is 22.7. The molecule has 2 N–H and O–H groups in total. The van der Waals surface area contributed by atoms with Crippen molar-refractivity contribution in [3.05, 3.63) is 91.0 Å². The Morgan fingerprint density at radius 2 is 0.767 bits per heavy atom. The fourth-order valence-electron chi connectivity index (χ4n) is 4.70. The quantitative estimate of drug-likeness (QED) is 0.275. The van der Waals surface area contributed by atoms with Crippen LogP contribution in [0.1, 0.15) is 51.4 Å². The van der Waals surface area contributed by atoms with E-state index in [-0.39, 0.29) is 0 Å². The van der Waals surface area contributed by atoms with E-state index in [0.717, 1.165) is 6.54 Å². The maximum atomic E-state index is 5.60. The Morgan fingerprint density at radius 1 is 0.433 bits per heavy atom. The molecular formula is C28H38NP. The summed E-state index contributed by atoms with van der Waals surface area (Å²) in [5, 5.41) is 4.59. The summed E-state index contributed by atoms with van der Waals surface area (Å²) in [6, 6.07) is 33.9. The first-order valence-electron chi connectivity index (χ1n) is 11.7. The van der Waals surface area contributed by atoms with Gasteiger partial charge in [-0.3, -0.25) is 0 Å². The first-order valence-corrected chi connectivity index (χ1v) is 14.0. The van der Waals surface area contributed by atoms with E-state index < -0.39 is 7.26 Å². The van der Waals surface area contributed by atoms with Crippen molar-refractivity contribution >= 4 is 23.2 Å². The standard InChI is InChI=1S/C28H38NP/c29-24-16-5-3-1-2-4-6-17-25-30(26-18-10-7-11-19-26,27-20-12-8-13-21-27)28-22-14-9-15-23-28/h7-15,18-23,30H,1-6,16-17,24-25,29H2. The van der Waals surface area contributed by atoms with Gasteiger partial charge in [-0.2, -0.15) is 0 Å². The Hall–Kier alpha value is -1.95. The third-order valence-corrected chi connectivity index (χ3v) is 11.4. The van der Waals surface area contributed by atoms with Crippen LogP contribution in [0.4, 0.5) is 0 Å². The van der Waals surface area contributed by atoms with Crippen LogP contribution in [0.15, 0.2) is 91.0 Å². The summed E-state index contributed by atoms with van der Waals surface area (Å²) in [5.74, 6) is 0. The molecule has 0 aliphatic heterocycles. The van der Waals surface area contributed by atoms with Crippen LogP contribution >= 0.6 is 7.26 Å². The molecule has 0 aliphatic carbocycles. The second-order valence-corrected chi connectivity index (χ2v) is 12.4. The minimum atomic E-state index is -2.02.